The molecule has 10 heteroatoms. The molecule has 1 aliphatic heterocycles. The Morgan fingerprint density at radius 2 is 2.00 bits per heavy atom. The lowest BCUT2D eigenvalue weighted by Gasteiger charge is -2.17. The summed E-state index contributed by atoms with van der Waals surface area (Å²) in [5, 5.41) is 4.09. The average molecular weight is 509 g/mol. The molecule has 0 unspecified atom stereocenters. The van der Waals surface area contributed by atoms with Crippen molar-refractivity contribution in [2.75, 3.05) is 18.5 Å². The van der Waals surface area contributed by atoms with Crippen molar-refractivity contribution in [3.63, 3.8) is 0 Å². The molecular formula is C21H19BrClN3O5. The van der Waals surface area contributed by atoms with Crippen LogP contribution >= 0.6 is 27.5 Å². The number of amides is 3. The number of ether oxygens (including phenoxy) is 1. The number of halogens is 2. The molecule has 0 saturated carbocycles. The Labute approximate surface area is 192 Å². The molecular weight excluding hydrogens is 490 g/mol. The Hall–Kier alpha value is -2.91. The maximum Gasteiger partial charge on any atom is 0.311 e. The van der Waals surface area contributed by atoms with Crippen LogP contribution < -0.4 is 10.7 Å². The van der Waals surface area contributed by atoms with Gasteiger partial charge in [0.1, 0.15) is 0 Å². The van der Waals surface area contributed by atoms with Crippen LogP contribution in [-0.2, 0) is 19.1 Å². The summed E-state index contributed by atoms with van der Waals surface area (Å²) in [6, 6.07) is 11.8. The molecule has 31 heavy (non-hydrogen) atoms. The van der Waals surface area contributed by atoms with Crippen molar-refractivity contribution in [3.05, 3.63) is 63.1 Å². The number of anilines is 1. The highest BCUT2D eigenvalue weighted by Crippen LogP contribution is 2.25. The van der Waals surface area contributed by atoms with Gasteiger partial charge in [0.25, 0.3) is 11.8 Å². The molecule has 0 radical (unpaired) electrons. The van der Waals surface area contributed by atoms with Gasteiger partial charge in [-0.15, -0.1) is 0 Å². The van der Waals surface area contributed by atoms with Gasteiger partial charge >= 0.3 is 5.97 Å². The Morgan fingerprint density at radius 1 is 1.23 bits per heavy atom. The third kappa shape index (κ3) is 6.05. The molecule has 1 saturated heterocycles. The second-order valence-corrected chi connectivity index (χ2v) is 8.26. The van der Waals surface area contributed by atoms with E-state index in [1.54, 1.807) is 36.4 Å². The summed E-state index contributed by atoms with van der Waals surface area (Å²) in [7, 11) is 0. The number of hydrazine groups is 1. The largest absolute Gasteiger partial charge is 0.455 e. The zero-order chi connectivity index (χ0) is 22.5. The predicted octanol–water partition coefficient (Wildman–Crippen LogP) is 3.09. The van der Waals surface area contributed by atoms with Crippen molar-refractivity contribution in [2.24, 2.45) is 5.92 Å². The van der Waals surface area contributed by atoms with Crippen LogP contribution in [0.15, 0.2) is 46.9 Å². The fourth-order valence-corrected chi connectivity index (χ4v) is 3.40. The number of nitrogens with one attached hydrogen (secondary N) is 2. The van der Waals surface area contributed by atoms with Gasteiger partial charge in [0.15, 0.2) is 6.61 Å². The van der Waals surface area contributed by atoms with Crippen molar-refractivity contribution in [1.82, 2.24) is 10.4 Å². The summed E-state index contributed by atoms with van der Waals surface area (Å²) in [6.07, 6.45) is -0.114. The van der Waals surface area contributed by atoms with Crippen LogP contribution in [0.1, 0.15) is 22.3 Å². The van der Waals surface area contributed by atoms with E-state index in [0.29, 0.717) is 20.7 Å². The third-order valence-electron chi connectivity index (χ3n) is 4.52. The second-order valence-electron chi connectivity index (χ2n) is 7.00. The third-order valence-corrected chi connectivity index (χ3v) is 5.76. The fraction of sp³-hybridized carbons (Fsp3) is 0.238. The van der Waals surface area contributed by atoms with Gasteiger partial charge in [0.2, 0.25) is 5.91 Å². The van der Waals surface area contributed by atoms with Crippen molar-refractivity contribution in [2.45, 2.75) is 13.3 Å². The molecule has 3 rings (SSSR count). The Balaban J connectivity index is 1.48. The van der Waals surface area contributed by atoms with Gasteiger partial charge in [-0.25, -0.2) is 0 Å². The molecule has 1 aliphatic rings. The normalized spacial score (nSPS) is 15.5. The molecule has 162 valence electrons. The van der Waals surface area contributed by atoms with Crippen molar-refractivity contribution in [3.8, 4) is 0 Å². The monoisotopic (exact) mass is 507 g/mol. The molecule has 1 atom stereocenters. The van der Waals surface area contributed by atoms with Gasteiger partial charge in [-0.05, 0) is 53.2 Å². The summed E-state index contributed by atoms with van der Waals surface area (Å²) in [5.74, 6) is -2.86. The first-order valence-electron chi connectivity index (χ1n) is 9.32. The zero-order valence-electron chi connectivity index (χ0n) is 16.5. The van der Waals surface area contributed by atoms with E-state index in [4.69, 9.17) is 16.3 Å². The van der Waals surface area contributed by atoms with Crippen LogP contribution in [0.3, 0.4) is 0 Å². The topological polar surface area (TPSA) is 105 Å². The van der Waals surface area contributed by atoms with E-state index in [-0.39, 0.29) is 13.0 Å². The summed E-state index contributed by atoms with van der Waals surface area (Å²) in [5.41, 5.74) is 4.27. The Morgan fingerprint density at radius 3 is 2.71 bits per heavy atom. The summed E-state index contributed by atoms with van der Waals surface area (Å²) >= 11 is 9.22. The van der Waals surface area contributed by atoms with E-state index in [1.807, 2.05) is 13.0 Å². The first-order valence-corrected chi connectivity index (χ1v) is 10.5. The number of hydrogen-bond donors (Lipinski definition) is 2. The van der Waals surface area contributed by atoms with E-state index in [2.05, 4.69) is 26.7 Å². The van der Waals surface area contributed by atoms with Gasteiger partial charge in [0, 0.05) is 22.1 Å². The van der Waals surface area contributed by atoms with E-state index >= 15 is 0 Å². The van der Waals surface area contributed by atoms with E-state index in [9.17, 15) is 19.2 Å². The number of carbonyl (C=O) groups is 4. The molecule has 0 spiro atoms. The van der Waals surface area contributed by atoms with E-state index in [1.165, 1.54) is 0 Å². The van der Waals surface area contributed by atoms with Crippen molar-refractivity contribution >= 4 is 56.9 Å². The van der Waals surface area contributed by atoms with E-state index in [0.717, 1.165) is 10.6 Å². The molecule has 0 aliphatic carbocycles. The van der Waals surface area contributed by atoms with Crippen LogP contribution in [0.2, 0.25) is 5.02 Å². The molecule has 0 aromatic heterocycles. The maximum atomic E-state index is 12.3. The van der Waals surface area contributed by atoms with Crippen LogP contribution in [0.25, 0.3) is 0 Å². The number of rotatable bonds is 6. The summed E-state index contributed by atoms with van der Waals surface area (Å²) in [6.45, 7) is 1.32. The minimum Gasteiger partial charge on any atom is -0.455 e. The van der Waals surface area contributed by atoms with Crippen LogP contribution in [0.5, 0.6) is 0 Å². The quantitative estimate of drug-likeness (QED) is 0.584. The first kappa shape index (κ1) is 22.8. The zero-order valence-corrected chi connectivity index (χ0v) is 18.8. The lowest BCUT2D eigenvalue weighted by Crippen LogP contribution is -2.43. The second kappa shape index (κ2) is 9.93. The number of benzene rings is 2. The maximum absolute atomic E-state index is 12.3. The number of nitrogens with zero attached hydrogens (tertiary/aromatic N) is 1. The molecule has 2 aromatic carbocycles. The highest BCUT2D eigenvalue weighted by atomic mass is 79.9. The minimum atomic E-state index is -0.778. The highest BCUT2D eigenvalue weighted by Gasteiger charge is 2.36. The molecule has 8 nitrogen and oxygen atoms in total. The molecule has 1 heterocycles. The smallest absolute Gasteiger partial charge is 0.311 e. The molecule has 1 fully saturated rings. The SMILES string of the molecule is Cc1cccc(C(=O)NN2C[C@@H](C(=O)OCC(=O)Nc3ccc(Br)c(Cl)c3)CC2=O)c1. The van der Waals surface area contributed by atoms with Gasteiger partial charge in [-0.2, -0.15) is 0 Å². The Kier molecular flexibility index (Phi) is 7.29. The number of esters is 1. The lowest BCUT2D eigenvalue weighted by atomic mass is 10.1. The van der Waals surface area contributed by atoms with Crippen LogP contribution in [-0.4, -0.2) is 41.9 Å². The lowest BCUT2D eigenvalue weighted by molar-refractivity contribution is -0.151. The van der Waals surface area contributed by atoms with Gasteiger partial charge in [0.05, 0.1) is 17.5 Å². The number of hydrogen-bond acceptors (Lipinski definition) is 5. The van der Waals surface area contributed by atoms with Crippen LogP contribution in [0.4, 0.5) is 5.69 Å². The Bertz CT molecular complexity index is 1050. The molecule has 0 bridgehead atoms. The standard InChI is InChI=1S/C21H19BrClN3O5/c1-12-3-2-4-13(7-12)20(29)25-26-10-14(8-19(26)28)21(30)31-11-18(27)24-15-5-6-16(22)17(23)9-15/h2-7,9,14H,8,10-11H2,1H3,(H,24,27)(H,25,29)/t14-/m0/s1. The number of aryl methyl sites for hydroxylation is 1. The van der Waals surface area contributed by atoms with Crippen LogP contribution in [0, 0.1) is 12.8 Å². The fourth-order valence-electron chi connectivity index (χ4n) is 2.97. The predicted molar refractivity (Wildman–Crippen MR) is 117 cm³/mol. The van der Waals surface area contributed by atoms with Gasteiger partial charge in [-0.1, -0.05) is 29.3 Å². The highest BCUT2D eigenvalue weighted by molar-refractivity contribution is 9.10. The van der Waals surface area contributed by atoms with Crippen molar-refractivity contribution < 1.29 is 23.9 Å². The summed E-state index contributed by atoms with van der Waals surface area (Å²) in [4.78, 5) is 48.8. The minimum absolute atomic E-state index is 0.0286. The van der Waals surface area contributed by atoms with E-state index < -0.39 is 36.2 Å². The molecule has 2 aromatic rings. The average Bonchev–Trinajstić information content (AvgIpc) is 3.09. The summed E-state index contributed by atoms with van der Waals surface area (Å²) < 4.78 is 5.71. The molecule has 3 amide bonds. The van der Waals surface area contributed by atoms with Gasteiger partial charge in [-0.3, -0.25) is 29.6 Å². The van der Waals surface area contributed by atoms with Gasteiger partial charge < -0.3 is 10.1 Å². The molecule has 2 N–H and O–H groups in total. The number of carbonyl (C=O) groups excluding carboxylic acids is 4. The first-order chi connectivity index (χ1) is 14.7. The van der Waals surface area contributed by atoms with Crippen molar-refractivity contribution in [1.29, 1.82) is 0 Å².